The lowest BCUT2D eigenvalue weighted by molar-refractivity contribution is 0.174. The lowest BCUT2D eigenvalue weighted by Crippen LogP contribution is -1.97. The maximum Gasteiger partial charge on any atom is 0.231 e. The summed E-state index contributed by atoms with van der Waals surface area (Å²) in [5.41, 5.74) is 1.02. The van der Waals surface area contributed by atoms with Crippen molar-refractivity contribution in [2.75, 3.05) is 6.79 Å². The minimum atomic E-state index is 0.286. The molecule has 0 N–H and O–H groups in total. The molecule has 0 unspecified atom stereocenters. The quantitative estimate of drug-likeness (QED) is 0.873. The van der Waals surface area contributed by atoms with Crippen molar-refractivity contribution in [2.24, 2.45) is 0 Å². The average molecular weight is 308 g/mol. The summed E-state index contributed by atoms with van der Waals surface area (Å²) in [5, 5.41) is 0. The van der Waals surface area contributed by atoms with E-state index in [4.69, 9.17) is 14.2 Å². The minimum Gasteiger partial charge on any atom is -0.473 e. The highest BCUT2D eigenvalue weighted by atomic mass is 79.9. The van der Waals surface area contributed by atoms with Gasteiger partial charge < -0.3 is 14.2 Å². The van der Waals surface area contributed by atoms with Gasteiger partial charge in [-0.05, 0) is 39.7 Å². The van der Waals surface area contributed by atoms with Crippen molar-refractivity contribution in [3.8, 4) is 17.4 Å². The summed E-state index contributed by atoms with van der Waals surface area (Å²) in [5.74, 6) is 2.14. The number of fused-ring (bicyclic) bond motifs is 1. The summed E-state index contributed by atoms with van der Waals surface area (Å²) >= 11 is 3.33. The lowest BCUT2D eigenvalue weighted by Gasteiger charge is -2.06. The van der Waals surface area contributed by atoms with Crippen molar-refractivity contribution < 1.29 is 14.2 Å². The number of hydrogen-bond donors (Lipinski definition) is 0. The number of benzene rings is 1. The Kier molecular flexibility index (Phi) is 3.06. The third kappa shape index (κ3) is 2.41. The topological polar surface area (TPSA) is 40.6 Å². The number of rotatable bonds is 3. The van der Waals surface area contributed by atoms with Gasteiger partial charge in [-0.15, -0.1) is 0 Å². The second-order valence-corrected chi connectivity index (χ2v) is 4.71. The van der Waals surface area contributed by atoms with Crippen molar-refractivity contribution in [1.82, 2.24) is 4.98 Å². The maximum atomic E-state index is 5.58. The van der Waals surface area contributed by atoms with Gasteiger partial charge in [0.2, 0.25) is 12.7 Å². The van der Waals surface area contributed by atoms with Crippen LogP contribution in [0.15, 0.2) is 41.0 Å². The third-order valence-corrected chi connectivity index (χ3v) is 2.99. The maximum absolute atomic E-state index is 5.58. The van der Waals surface area contributed by atoms with Crippen molar-refractivity contribution >= 4 is 15.9 Å². The zero-order chi connectivity index (χ0) is 12.4. The fourth-order valence-corrected chi connectivity index (χ4v) is 1.87. The van der Waals surface area contributed by atoms with Crippen LogP contribution >= 0.6 is 15.9 Å². The van der Waals surface area contributed by atoms with Crippen LogP contribution in [0.4, 0.5) is 0 Å². The summed E-state index contributed by atoms with van der Waals surface area (Å²) in [6, 6.07) is 9.46. The molecule has 1 aliphatic rings. The standard InChI is InChI=1S/C13H10BrNO3/c14-10-2-4-13(15-6-10)16-7-9-1-3-11-12(5-9)18-8-17-11/h1-6H,7-8H2. The number of halogens is 1. The van der Waals surface area contributed by atoms with Gasteiger partial charge in [-0.2, -0.15) is 0 Å². The molecule has 1 aliphatic heterocycles. The number of aromatic nitrogens is 1. The van der Waals surface area contributed by atoms with E-state index in [9.17, 15) is 0 Å². The highest BCUT2D eigenvalue weighted by molar-refractivity contribution is 9.10. The molecule has 0 saturated carbocycles. The molecule has 2 aromatic rings. The Morgan fingerprint density at radius 3 is 2.89 bits per heavy atom. The van der Waals surface area contributed by atoms with Gasteiger partial charge in [0.25, 0.3) is 0 Å². The average Bonchev–Trinajstić information content (AvgIpc) is 2.85. The summed E-state index contributed by atoms with van der Waals surface area (Å²) in [4.78, 5) is 4.14. The molecule has 1 aromatic carbocycles. The predicted octanol–water partition coefficient (Wildman–Crippen LogP) is 3.15. The van der Waals surface area contributed by atoms with E-state index in [2.05, 4.69) is 20.9 Å². The van der Waals surface area contributed by atoms with Crippen LogP contribution in [0.5, 0.6) is 17.4 Å². The molecule has 0 amide bonds. The van der Waals surface area contributed by atoms with E-state index in [1.54, 1.807) is 6.20 Å². The van der Waals surface area contributed by atoms with Crippen LogP contribution in [0.2, 0.25) is 0 Å². The molecule has 0 fully saturated rings. The van der Waals surface area contributed by atoms with Gasteiger partial charge in [-0.3, -0.25) is 0 Å². The Bertz CT molecular complexity index is 557. The molecule has 0 spiro atoms. The number of pyridine rings is 1. The van der Waals surface area contributed by atoms with E-state index in [1.807, 2.05) is 30.3 Å². The van der Waals surface area contributed by atoms with Crippen LogP contribution < -0.4 is 14.2 Å². The van der Waals surface area contributed by atoms with Crippen LogP contribution in [0, 0.1) is 0 Å². The highest BCUT2D eigenvalue weighted by Gasteiger charge is 2.13. The molecule has 0 aliphatic carbocycles. The molecule has 5 heteroatoms. The molecule has 18 heavy (non-hydrogen) atoms. The SMILES string of the molecule is Brc1ccc(OCc2ccc3c(c2)OCO3)nc1. The zero-order valence-electron chi connectivity index (χ0n) is 9.43. The summed E-state index contributed by atoms with van der Waals surface area (Å²) < 4.78 is 17.1. The molecule has 2 heterocycles. The molecule has 0 radical (unpaired) electrons. The van der Waals surface area contributed by atoms with Gasteiger partial charge in [0.1, 0.15) is 6.61 Å². The van der Waals surface area contributed by atoms with E-state index in [1.165, 1.54) is 0 Å². The normalized spacial score (nSPS) is 12.5. The van der Waals surface area contributed by atoms with Gasteiger partial charge in [-0.1, -0.05) is 6.07 Å². The molecule has 3 rings (SSSR count). The van der Waals surface area contributed by atoms with Crippen molar-refractivity contribution in [1.29, 1.82) is 0 Å². The Morgan fingerprint density at radius 2 is 2.06 bits per heavy atom. The van der Waals surface area contributed by atoms with Crippen LogP contribution in [0.1, 0.15) is 5.56 Å². The molecule has 0 atom stereocenters. The number of hydrogen-bond acceptors (Lipinski definition) is 4. The van der Waals surface area contributed by atoms with Crippen LogP contribution in [-0.2, 0) is 6.61 Å². The Hall–Kier alpha value is -1.75. The molecule has 92 valence electrons. The fraction of sp³-hybridized carbons (Fsp3) is 0.154. The smallest absolute Gasteiger partial charge is 0.231 e. The first-order valence-corrected chi connectivity index (χ1v) is 6.23. The van der Waals surface area contributed by atoms with Gasteiger partial charge in [0.15, 0.2) is 11.5 Å². The van der Waals surface area contributed by atoms with E-state index in [0.717, 1.165) is 21.5 Å². The molecular weight excluding hydrogens is 298 g/mol. The second-order valence-electron chi connectivity index (χ2n) is 3.79. The Labute approximate surface area is 113 Å². The van der Waals surface area contributed by atoms with Crippen LogP contribution in [0.25, 0.3) is 0 Å². The molecular formula is C13H10BrNO3. The predicted molar refractivity (Wildman–Crippen MR) is 68.8 cm³/mol. The van der Waals surface area contributed by atoms with Crippen molar-refractivity contribution in [2.45, 2.75) is 6.61 Å². The van der Waals surface area contributed by atoms with E-state index in [0.29, 0.717) is 12.5 Å². The summed E-state index contributed by atoms with van der Waals surface area (Å²) in [6.45, 7) is 0.735. The monoisotopic (exact) mass is 307 g/mol. The fourth-order valence-electron chi connectivity index (χ4n) is 1.64. The number of ether oxygens (including phenoxy) is 3. The van der Waals surface area contributed by atoms with Crippen LogP contribution in [0.3, 0.4) is 0 Å². The summed E-state index contributed by atoms with van der Waals surface area (Å²) in [6.07, 6.45) is 1.70. The number of nitrogens with zero attached hydrogens (tertiary/aromatic N) is 1. The minimum absolute atomic E-state index is 0.286. The lowest BCUT2D eigenvalue weighted by atomic mass is 10.2. The molecule has 0 saturated heterocycles. The highest BCUT2D eigenvalue weighted by Crippen LogP contribution is 2.32. The van der Waals surface area contributed by atoms with Gasteiger partial charge in [0, 0.05) is 16.7 Å². The first kappa shape index (κ1) is 11.3. The summed E-state index contributed by atoms with van der Waals surface area (Å²) in [7, 11) is 0. The van der Waals surface area contributed by atoms with Crippen molar-refractivity contribution in [3.05, 3.63) is 46.6 Å². The van der Waals surface area contributed by atoms with Gasteiger partial charge in [-0.25, -0.2) is 4.98 Å². The van der Waals surface area contributed by atoms with Gasteiger partial charge >= 0.3 is 0 Å². The first-order valence-electron chi connectivity index (χ1n) is 5.44. The van der Waals surface area contributed by atoms with Gasteiger partial charge in [0.05, 0.1) is 0 Å². The first-order chi connectivity index (χ1) is 8.81. The largest absolute Gasteiger partial charge is 0.473 e. The van der Waals surface area contributed by atoms with E-state index >= 15 is 0 Å². The van der Waals surface area contributed by atoms with E-state index in [-0.39, 0.29) is 6.79 Å². The Morgan fingerprint density at radius 1 is 1.17 bits per heavy atom. The second kappa shape index (κ2) is 4.86. The third-order valence-electron chi connectivity index (χ3n) is 2.52. The van der Waals surface area contributed by atoms with Crippen molar-refractivity contribution in [3.63, 3.8) is 0 Å². The molecule has 1 aromatic heterocycles. The van der Waals surface area contributed by atoms with E-state index < -0.39 is 0 Å². The molecule has 0 bridgehead atoms. The van der Waals surface area contributed by atoms with Crippen LogP contribution in [-0.4, -0.2) is 11.8 Å². The Balaban J connectivity index is 1.68. The molecule has 4 nitrogen and oxygen atoms in total. The zero-order valence-corrected chi connectivity index (χ0v) is 11.0.